The molecule has 0 aromatic heterocycles. The Labute approximate surface area is 41.0 Å². The van der Waals surface area contributed by atoms with Gasteiger partial charge in [-0.2, -0.15) is 0 Å². The van der Waals surface area contributed by atoms with Gasteiger partial charge >= 0.3 is 40.6 Å². The summed E-state index contributed by atoms with van der Waals surface area (Å²) in [5.74, 6) is 0. The second kappa shape index (κ2) is 1.59. The van der Waals surface area contributed by atoms with Crippen molar-refractivity contribution >= 4 is 6.21 Å². The van der Waals surface area contributed by atoms with Crippen LogP contribution >= 0.6 is 0 Å². The molecule has 0 unspecified atom stereocenters. The Morgan fingerprint density at radius 1 is 2.00 bits per heavy atom. The van der Waals surface area contributed by atoms with Crippen LogP contribution in [0.15, 0.2) is 5.16 Å². The van der Waals surface area contributed by atoms with Crippen LogP contribution in [0.5, 0.6) is 0 Å². The summed E-state index contributed by atoms with van der Waals surface area (Å²) in [4.78, 5) is 0. The van der Waals surface area contributed by atoms with Gasteiger partial charge in [-0.3, -0.25) is 0 Å². The third kappa shape index (κ3) is 0.752. The maximum atomic E-state index is 4.62. The van der Waals surface area contributed by atoms with Gasteiger partial charge in [0.05, 0.1) is 0 Å². The molecule has 0 spiro atoms. The van der Waals surface area contributed by atoms with E-state index < -0.39 is 0 Å². The molecule has 2 nitrogen and oxygen atoms in total. The standard InChI is InChI=1S/C2H3INO/c1-2-4-5-3-1/h2H,1H2/q-1. The van der Waals surface area contributed by atoms with Crippen molar-refractivity contribution in [3.05, 3.63) is 0 Å². The second-order valence-electron chi connectivity index (χ2n) is 0.620. The number of alkyl halides is 1. The van der Waals surface area contributed by atoms with E-state index in [9.17, 15) is 0 Å². The zero-order chi connectivity index (χ0) is 3.54. The quantitative estimate of drug-likeness (QED) is 0.290. The molecule has 1 aliphatic rings. The fourth-order valence-corrected chi connectivity index (χ4v) is 0.945. The van der Waals surface area contributed by atoms with E-state index in [2.05, 4.69) is 8.32 Å². The molecule has 1 rings (SSSR count). The van der Waals surface area contributed by atoms with Gasteiger partial charge in [0.2, 0.25) is 0 Å². The number of rotatable bonds is 0. The van der Waals surface area contributed by atoms with E-state index in [1.807, 2.05) is 6.21 Å². The molecular formula is C2H3INO-. The van der Waals surface area contributed by atoms with Crippen molar-refractivity contribution in [2.75, 3.05) is 4.43 Å². The van der Waals surface area contributed by atoms with Crippen LogP contribution in [0.2, 0.25) is 0 Å². The van der Waals surface area contributed by atoms with Crippen LogP contribution in [0, 0.1) is 0 Å². The number of oxime groups is 1. The number of nitrogens with zero attached hydrogens (tertiary/aromatic N) is 1. The molecule has 3 heteroatoms. The van der Waals surface area contributed by atoms with Gasteiger partial charge < -0.3 is 0 Å². The van der Waals surface area contributed by atoms with Gasteiger partial charge in [-0.1, -0.05) is 0 Å². The molecule has 0 saturated carbocycles. The third-order valence-corrected chi connectivity index (χ3v) is 1.55. The van der Waals surface area contributed by atoms with Crippen molar-refractivity contribution in [2.45, 2.75) is 0 Å². The number of hydrogen-bond donors (Lipinski definition) is 0. The van der Waals surface area contributed by atoms with E-state index in [-0.39, 0.29) is 21.6 Å². The summed E-state index contributed by atoms with van der Waals surface area (Å²) >= 11 is 0.0200. The maximum absolute atomic E-state index is 4.62. The van der Waals surface area contributed by atoms with Crippen LogP contribution in [0.1, 0.15) is 0 Å². The van der Waals surface area contributed by atoms with Gasteiger partial charge in [0.15, 0.2) is 0 Å². The average Bonchev–Trinajstić information content (AvgIpc) is 1.76. The Bertz CT molecular complexity index is 47.6. The first kappa shape index (κ1) is 3.39. The molecule has 0 aliphatic carbocycles. The molecule has 0 radical (unpaired) electrons. The zero-order valence-electron chi connectivity index (χ0n) is 2.52. The summed E-state index contributed by atoms with van der Waals surface area (Å²) in [5, 5.41) is 3.51. The van der Waals surface area contributed by atoms with Crippen LogP contribution in [-0.2, 0) is 3.17 Å². The summed E-state index contributed by atoms with van der Waals surface area (Å²) in [7, 11) is 0. The zero-order valence-corrected chi connectivity index (χ0v) is 4.68. The van der Waals surface area contributed by atoms with Crippen LogP contribution in [0.3, 0.4) is 0 Å². The van der Waals surface area contributed by atoms with Crippen molar-refractivity contribution in [1.29, 1.82) is 0 Å². The Morgan fingerprint density at radius 3 is 3.20 bits per heavy atom. The predicted octanol–water partition coefficient (Wildman–Crippen LogP) is -2.99. The first-order valence-electron chi connectivity index (χ1n) is 1.27. The van der Waals surface area contributed by atoms with Crippen LogP contribution < -0.4 is 21.6 Å². The predicted molar refractivity (Wildman–Crippen MR) is 14.4 cm³/mol. The van der Waals surface area contributed by atoms with Gasteiger partial charge in [0, 0.05) is 0 Å². The summed E-state index contributed by atoms with van der Waals surface area (Å²) in [6.07, 6.45) is 1.81. The van der Waals surface area contributed by atoms with Crippen LogP contribution in [0.4, 0.5) is 0 Å². The van der Waals surface area contributed by atoms with Crippen molar-refractivity contribution in [2.24, 2.45) is 5.16 Å². The van der Waals surface area contributed by atoms with Gasteiger partial charge in [-0.15, -0.1) is 0 Å². The normalized spacial score (nSPS) is 20.8. The fourth-order valence-electron chi connectivity index (χ4n) is 0.141. The monoisotopic (exact) mass is 184 g/mol. The molecule has 1 aliphatic heterocycles. The summed E-state index contributed by atoms with van der Waals surface area (Å²) in [5.41, 5.74) is 0. The minimum atomic E-state index is 0.0200. The topological polar surface area (TPSA) is 21.6 Å². The Morgan fingerprint density at radius 2 is 3.00 bits per heavy atom. The van der Waals surface area contributed by atoms with E-state index in [1.165, 1.54) is 0 Å². The summed E-state index contributed by atoms with van der Waals surface area (Å²) in [6.45, 7) is 0. The molecule has 0 N–H and O–H groups in total. The van der Waals surface area contributed by atoms with Gasteiger partial charge in [0.25, 0.3) is 0 Å². The van der Waals surface area contributed by atoms with Crippen molar-refractivity contribution in [1.82, 2.24) is 0 Å². The molecule has 0 atom stereocenters. The molecule has 5 heavy (non-hydrogen) atoms. The third-order valence-electron chi connectivity index (χ3n) is 0.295. The number of halogens is 1. The SMILES string of the molecule is C1=NO[I-]C1. The molecule has 0 aromatic carbocycles. The fraction of sp³-hybridized carbons (Fsp3) is 0.500. The van der Waals surface area contributed by atoms with E-state index in [0.29, 0.717) is 0 Å². The molecule has 30 valence electrons. The average molecular weight is 184 g/mol. The summed E-state index contributed by atoms with van der Waals surface area (Å²) < 4.78 is 5.72. The van der Waals surface area contributed by atoms with Crippen LogP contribution in [0.25, 0.3) is 0 Å². The van der Waals surface area contributed by atoms with E-state index in [1.54, 1.807) is 0 Å². The van der Waals surface area contributed by atoms with Crippen LogP contribution in [-0.4, -0.2) is 10.6 Å². The van der Waals surface area contributed by atoms with Gasteiger partial charge in [-0.05, 0) is 0 Å². The molecule has 0 bridgehead atoms. The van der Waals surface area contributed by atoms with Crippen molar-refractivity contribution in [3.8, 4) is 0 Å². The van der Waals surface area contributed by atoms with Gasteiger partial charge in [0.1, 0.15) is 0 Å². The van der Waals surface area contributed by atoms with E-state index >= 15 is 0 Å². The summed E-state index contributed by atoms with van der Waals surface area (Å²) in [6, 6.07) is 0. The second-order valence-corrected chi connectivity index (χ2v) is 2.52. The molecular weight excluding hydrogens is 181 g/mol. The van der Waals surface area contributed by atoms with Crippen molar-refractivity contribution in [3.63, 3.8) is 0 Å². The molecule has 0 saturated heterocycles. The first-order chi connectivity index (χ1) is 2.50. The molecule has 1 heterocycles. The molecule has 0 fully saturated rings. The molecule has 0 amide bonds. The molecule has 0 aromatic rings. The minimum absolute atomic E-state index is 0.0200. The Hall–Kier alpha value is 0.200. The first-order valence-corrected chi connectivity index (χ1v) is 3.68. The number of hydrogen-bond acceptors (Lipinski definition) is 2. The van der Waals surface area contributed by atoms with E-state index in [0.717, 1.165) is 4.43 Å². The van der Waals surface area contributed by atoms with Crippen molar-refractivity contribution < 1.29 is 24.8 Å². The Kier molecular flexibility index (Phi) is 1.08. The van der Waals surface area contributed by atoms with E-state index in [4.69, 9.17) is 0 Å². The van der Waals surface area contributed by atoms with Gasteiger partial charge in [-0.25, -0.2) is 0 Å². The Balaban J connectivity index is 2.32.